The highest BCUT2D eigenvalue weighted by atomic mass is 16.3. The van der Waals surface area contributed by atoms with Gasteiger partial charge in [-0.1, -0.05) is 32.6 Å². The van der Waals surface area contributed by atoms with Gasteiger partial charge in [0.15, 0.2) is 0 Å². The lowest BCUT2D eigenvalue weighted by Crippen LogP contribution is -2.39. The molecule has 3 heteroatoms. The standard InChI is InChI=1S/C14H25NO2/c1-11-8-9-15(13(11)10-16)14(17)7-6-12-4-2-3-5-12/h11-13,16H,2-10H2,1H3. The van der Waals surface area contributed by atoms with Gasteiger partial charge in [0.2, 0.25) is 5.91 Å². The number of aliphatic hydroxyl groups excluding tert-OH is 1. The first kappa shape index (κ1) is 12.9. The summed E-state index contributed by atoms with van der Waals surface area (Å²) in [6, 6.07) is 0.0751. The summed E-state index contributed by atoms with van der Waals surface area (Å²) in [4.78, 5) is 14.0. The van der Waals surface area contributed by atoms with E-state index in [4.69, 9.17) is 0 Å². The zero-order valence-electron chi connectivity index (χ0n) is 10.9. The van der Waals surface area contributed by atoms with Crippen molar-refractivity contribution in [2.24, 2.45) is 11.8 Å². The predicted molar refractivity (Wildman–Crippen MR) is 67.6 cm³/mol. The van der Waals surface area contributed by atoms with E-state index in [2.05, 4.69) is 6.92 Å². The van der Waals surface area contributed by atoms with Gasteiger partial charge in [-0.15, -0.1) is 0 Å². The largest absolute Gasteiger partial charge is 0.394 e. The molecule has 0 radical (unpaired) electrons. The quantitative estimate of drug-likeness (QED) is 0.817. The van der Waals surface area contributed by atoms with Crippen molar-refractivity contribution in [3.05, 3.63) is 0 Å². The zero-order chi connectivity index (χ0) is 12.3. The first-order valence-electron chi connectivity index (χ1n) is 7.12. The normalized spacial score (nSPS) is 30.1. The number of aliphatic hydroxyl groups is 1. The molecule has 2 atom stereocenters. The molecule has 1 N–H and O–H groups in total. The van der Waals surface area contributed by atoms with E-state index < -0.39 is 0 Å². The van der Waals surface area contributed by atoms with Crippen LogP contribution in [0.1, 0.15) is 51.9 Å². The Kier molecular flexibility index (Phi) is 4.43. The molecule has 2 rings (SSSR count). The highest BCUT2D eigenvalue weighted by Gasteiger charge is 2.33. The van der Waals surface area contributed by atoms with Crippen LogP contribution in [-0.2, 0) is 4.79 Å². The Morgan fingerprint density at radius 1 is 1.29 bits per heavy atom. The summed E-state index contributed by atoms with van der Waals surface area (Å²) in [6.07, 6.45) is 8.11. The van der Waals surface area contributed by atoms with E-state index in [1.54, 1.807) is 0 Å². The van der Waals surface area contributed by atoms with Crippen LogP contribution in [-0.4, -0.2) is 35.1 Å². The third-order valence-electron chi connectivity index (χ3n) is 4.63. The second-order valence-corrected chi connectivity index (χ2v) is 5.79. The van der Waals surface area contributed by atoms with Crippen LogP contribution >= 0.6 is 0 Å². The van der Waals surface area contributed by atoms with Gasteiger partial charge in [-0.05, 0) is 24.7 Å². The number of amides is 1. The molecule has 0 spiro atoms. The average Bonchev–Trinajstić information content (AvgIpc) is 2.94. The lowest BCUT2D eigenvalue weighted by atomic mass is 10.0. The van der Waals surface area contributed by atoms with E-state index in [0.29, 0.717) is 12.3 Å². The molecular weight excluding hydrogens is 214 g/mol. The van der Waals surface area contributed by atoms with Crippen molar-refractivity contribution in [3.63, 3.8) is 0 Å². The average molecular weight is 239 g/mol. The topological polar surface area (TPSA) is 40.5 Å². The lowest BCUT2D eigenvalue weighted by molar-refractivity contribution is -0.133. The Labute approximate surface area is 104 Å². The molecular formula is C14H25NO2. The second-order valence-electron chi connectivity index (χ2n) is 5.79. The van der Waals surface area contributed by atoms with Gasteiger partial charge in [-0.3, -0.25) is 4.79 Å². The van der Waals surface area contributed by atoms with Crippen LogP contribution in [0.25, 0.3) is 0 Å². The SMILES string of the molecule is CC1CCN(C(=O)CCC2CCCC2)C1CO. The van der Waals surface area contributed by atoms with E-state index in [1.165, 1.54) is 25.7 Å². The van der Waals surface area contributed by atoms with Crippen molar-refractivity contribution in [1.82, 2.24) is 4.90 Å². The van der Waals surface area contributed by atoms with E-state index >= 15 is 0 Å². The molecule has 17 heavy (non-hydrogen) atoms. The van der Waals surface area contributed by atoms with Gasteiger partial charge in [0.25, 0.3) is 0 Å². The van der Waals surface area contributed by atoms with Crippen molar-refractivity contribution in [2.45, 2.75) is 57.9 Å². The number of rotatable bonds is 4. The molecule has 0 aromatic rings. The molecule has 3 nitrogen and oxygen atoms in total. The van der Waals surface area contributed by atoms with Gasteiger partial charge in [0.05, 0.1) is 12.6 Å². The van der Waals surface area contributed by atoms with Crippen LogP contribution in [0.4, 0.5) is 0 Å². The van der Waals surface area contributed by atoms with Crippen LogP contribution in [0.15, 0.2) is 0 Å². The molecule has 1 aliphatic carbocycles. The fourth-order valence-electron chi connectivity index (χ4n) is 3.37. The summed E-state index contributed by atoms with van der Waals surface area (Å²) in [5.41, 5.74) is 0. The van der Waals surface area contributed by atoms with E-state index in [1.807, 2.05) is 4.90 Å². The van der Waals surface area contributed by atoms with Crippen LogP contribution in [0.3, 0.4) is 0 Å². The maximum Gasteiger partial charge on any atom is 0.222 e. The summed E-state index contributed by atoms with van der Waals surface area (Å²) >= 11 is 0. The van der Waals surface area contributed by atoms with Gasteiger partial charge in [0.1, 0.15) is 0 Å². The molecule has 0 bridgehead atoms. The summed E-state index contributed by atoms with van der Waals surface area (Å²) in [5.74, 6) is 1.50. The Morgan fingerprint density at radius 3 is 2.65 bits per heavy atom. The third-order valence-corrected chi connectivity index (χ3v) is 4.63. The Bertz CT molecular complexity index is 261. The molecule has 1 saturated heterocycles. The molecule has 1 saturated carbocycles. The van der Waals surface area contributed by atoms with Crippen molar-refractivity contribution in [3.8, 4) is 0 Å². The molecule has 0 aromatic carbocycles. The monoisotopic (exact) mass is 239 g/mol. The maximum absolute atomic E-state index is 12.1. The van der Waals surface area contributed by atoms with Crippen LogP contribution < -0.4 is 0 Å². The number of hydrogen-bond acceptors (Lipinski definition) is 2. The van der Waals surface area contributed by atoms with Crippen LogP contribution in [0, 0.1) is 11.8 Å². The third kappa shape index (κ3) is 3.01. The van der Waals surface area contributed by atoms with Crippen molar-refractivity contribution in [1.29, 1.82) is 0 Å². The Morgan fingerprint density at radius 2 is 2.00 bits per heavy atom. The smallest absolute Gasteiger partial charge is 0.222 e. The minimum absolute atomic E-state index is 0.0751. The summed E-state index contributed by atoms with van der Waals surface area (Å²) in [6.45, 7) is 3.09. The fraction of sp³-hybridized carbons (Fsp3) is 0.929. The highest BCUT2D eigenvalue weighted by molar-refractivity contribution is 5.76. The molecule has 1 amide bonds. The molecule has 2 fully saturated rings. The van der Waals surface area contributed by atoms with Crippen molar-refractivity contribution < 1.29 is 9.90 Å². The Hall–Kier alpha value is -0.570. The first-order chi connectivity index (χ1) is 8.22. The van der Waals surface area contributed by atoms with E-state index in [9.17, 15) is 9.90 Å². The van der Waals surface area contributed by atoms with Gasteiger partial charge in [-0.2, -0.15) is 0 Å². The van der Waals surface area contributed by atoms with Gasteiger partial charge < -0.3 is 10.0 Å². The zero-order valence-corrected chi connectivity index (χ0v) is 10.9. The molecule has 1 aliphatic heterocycles. The second kappa shape index (κ2) is 5.85. The summed E-state index contributed by atoms with van der Waals surface area (Å²) < 4.78 is 0. The lowest BCUT2D eigenvalue weighted by Gasteiger charge is -2.25. The number of hydrogen-bond donors (Lipinski definition) is 1. The molecule has 98 valence electrons. The van der Waals surface area contributed by atoms with E-state index in [-0.39, 0.29) is 18.6 Å². The van der Waals surface area contributed by atoms with Crippen LogP contribution in [0.2, 0.25) is 0 Å². The van der Waals surface area contributed by atoms with Gasteiger partial charge in [0, 0.05) is 13.0 Å². The highest BCUT2D eigenvalue weighted by Crippen LogP contribution is 2.30. The van der Waals surface area contributed by atoms with E-state index in [0.717, 1.165) is 25.3 Å². The van der Waals surface area contributed by atoms with Gasteiger partial charge in [-0.25, -0.2) is 0 Å². The fourth-order valence-corrected chi connectivity index (χ4v) is 3.37. The minimum Gasteiger partial charge on any atom is -0.394 e. The Balaban J connectivity index is 1.78. The van der Waals surface area contributed by atoms with Crippen molar-refractivity contribution >= 4 is 5.91 Å². The molecule has 0 aromatic heterocycles. The number of nitrogens with zero attached hydrogens (tertiary/aromatic N) is 1. The predicted octanol–water partition coefficient (Wildman–Crippen LogP) is 2.19. The molecule has 2 unspecified atom stereocenters. The number of likely N-dealkylation sites (tertiary alicyclic amines) is 1. The number of carbonyl (C=O) groups is 1. The first-order valence-corrected chi connectivity index (χ1v) is 7.12. The maximum atomic E-state index is 12.1. The molecule has 1 heterocycles. The summed E-state index contributed by atoms with van der Waals surface area (Å²) in [5, 5.41) is 9.34. The van der Waals surface area contributed by atoms with Gasteiger partial charge >= 0.3 is 0 Å². The van der Waals surface area contributed by atoms with Crippen molar-refractivity contribution in [2.75, 3.05) is 13.2 Å². The van der Waals surface area contributed by atoms with Crippen LogP contribution in [0.5, 0.6) is 0 Å². The molecule has 2 aliphatic rings. The number of carbonyl (C=O) groups excluding carboxylic acids is 1. The minimum atomic E-state index is 0.0751. The summed E-state index contributed by atoms with van der Waals surface area (Å²) in [7, 11) is 0.